The van der Waals surface area contributed by atoms with Crippen molar-refractivity contribution in [1.29, 1.82) is 0 Å². The molecule has 122 valence electrons. The van der Waals surface area contributed by atoms with Gasteiger partial charge in [0.05, 0.1) is 24.2 Å². The number of hydrogen-bond acceptors (Lipinski definition) is 5. The number of aryl methyl sites for hydroxylation is 1. The van der Waals surface area contributed by atoms with E-state index < -0.39 is 12.0 Å². The molecule has 0 saturated heterocycles. The number of benzene rings is 1. The molecule has 0 N–H and O–H groups in total. The zero-order chi connectivity index (χ0) is 16.8. The highest BCUT2D eigenvalue weighted by Crippen LogP contribution is 2.21. The van der Waals surface area contributed by atoms with Crippen molar-refractivity contribution >= 4 is 28.9 Å². The van der Waals surface area contributed by atoms with E-state index in [1.54, 1.807) is 0 Å². The highest BCUT2D eigenvalue weighted by molar-refractivity contribution is 7.09. The number of nitrogens with zero attached hydrogens (tertiary/aromatic N) is 2. The van der Waals surface area contributed by atoms with Crippen molar-refractivity contribution in [3.8, 4) is 0 Å². The number of esters is 1. The standard InChI is InChI=1S/C17H20N2O3S/c1-4-15(17(21)22-3)19(14-8-6-5-7-9-14)16(20)10-13-11-23-12(2)18-13/h5-9,11,15H,4,10H2,1-3H3/t15-/m1/s1. The maximum atomic E-state index is 12.8. The number of anilines is 1. The molecule has 0 aliphatic rings. The van der Waals surface area contributed by atoms with Crippen LogP contribution in [0.15, 0.2) is 35.7 Å². The van der Waals surface area contributed by atoms with E-state index in [-0.39, 0.29) is 12.3 Å². The molecule has 0 saturated carbocycles. The SMILES string of the molecule is CC[C@H](C(=O)OC)N(C(=O)Cc1csc(C)n1)c1ccccc1. The predicted octanol–water partition coefficient (Wildman–Crippen LogP) is 2.98. The number of rotatable bonds is 6. The molecule has 0 unspecified atom stereocenters. The molecular weight excluding hydrogens is 312 g/mol. The third-order valence-corrected chi connectivity index (χ3v) is 4.30. The molecule has 6 heteroatoms. The number of thiazole rings is 1. The lowest BCUT2D eigenvalue weighted by molar-refractivity contribution is -0.143. The van der Waals surface area contributed by atoms with Crippen LogP contribution in [0, 0.1) is 6.92 Å². The number of para-hydroxylation sites is 1. The van der Waals surface area contributed by atoms with Crippen molar-refractivity contribution < 1.29 is 14.3 Å². The average Bonchev–Trinajstić information content (AvgIpc) is 2.97. The summed E-state index contributed by atoms with van der Waals surface area (Å²) < 4.78 is 4.86. The Morgan fingerprint density at radius 1 is 1.30 bits per heavy atom. The molecule has 1 aromatic carbocycles. The summed E-state index contributed by atoms with van der Waals surface area (Å²) in [7, 11) is 1.34. The van der Waals surface area contributed by atoms with Crippen LogP contribution in [0.4, 0.5) is 5.69 Å². The molecule has 0 bridgehead atoms. The first-order chi connectivity index (χ1) is 11.1. The van der Waals surface area contributed by atoms with Gasteiger partial charge in [-0.3, -0.25) is 9.69 Å². The van der Waals surface area contributed by atoms with Gasteiger partial charge in [0.1, 0.15) is 6.04 Å². The van der Waals surface area contributed by atoms with Gasteiger partial charge in [-0.15, -0.1) is 11.3 Å². The zero-order valence-electron chi connectivity index (χ0n) is 13.5. The molecule has 1 atom stereocenters. The number of hydrogen-bond donors (Lipinski definition) is 0. The van der Waals surface area contributed by atoms with Crippen LogP contribution in [0.3, 0.4) is 0 Å². The lowest BCUT2D eigenvalue weighted by Crippen LogP contribution is -2.46. The topological polar surface area (TPSA) is 59.5 Å². The highest BCUT2D eigenvalue weighted by Gasteiger charge is 2.30. The Hall–Kier alpha value is -2.21. The van der Waals surface area contributed by atoms with Crippen LogP contribution < -0.4 is 4.90 Å². The van der Waals surface area contributed by atoms with E-state index in [9.17, 15) is 9.59 Å². The monoisotopic (exact) mass is 332 g/mol. The number of ether oxygens (including phenoxy) is 1. The Kier molecular flexibility index (Phi) is 5.87. The molecule has 0 spiro atoms. The second kappa shape index (κ2) is 7.87. The first-order valence-electron chi connectivity index (χ1n) is 7.42. The minimum atomic E-state index is -0.644. The summed E-state index contributed by atoms with van der Waals surface area (Å²) in [5, 5.41) is 2.79. The van der Waals surface area contributed by atoms with E-state index >= 15 is 0 Å². The maximum absolute atomic E-state index is 12.8. The Morgan fingerprint density at radius 3 is 2.52 bits per heavy atom. The smallest absolute Gasteiger partial charge is 0.328 e. The summed E-state index contributed by atoms with van der Waals surface area (Å²) >= 11 is 1.51. The molecule has 2 rings (SSSR count). The fourth-order valence-electron chi connectivity index (χ4n) is 2.41. The summed E-state index contributed by atoms with van der Waals surface area (Å²) in [6.07, 6.45) is 0.635. The van der Waals surface area contributed by atoms with E-state index in [4.69, 9.17) is 4.74 Å². The van der Waals surface area contributed by atoms with Gasteiger partial charge in [0.2, 0.25) is 5.91 Å². The van der Waals surface area contributed by atoms with Gasteiger partial charge in [-0.25, -0.2) is 9.78 Å². The molecule has 0 aliphatic heterocycles. The largest absolute Gasteiger partial charge is 0.467 e. The van der Waals surface area contributed by atoms with Crippen molar-refractivity contribution in [2.24, 2.45) is 0 Å². The number of carbonyl (C=O) groups is 2. The molecule has 1 aromatic heterocycles. The molecule has 1 heterocycles. The van der Waals surface area contributed by atoms with Crippen LogP contribution in [-0.4, -0.2) is 30.0 Å². The van der Waals surface area contributed by atoms with Crippen molar-refractivity contribution in [2.45, 2.75) is 32.7 Å². The van der Waals surface area contributed by atoms with E-state index in [1.807, 2.05) is 49.6 Å². The summed E-state index contributed by atoms with van der Waals surface area (Å²) in [4.78, 5) is 30.8. The Labute approximate surface area is 139 Å². The normalized spacial score (nSPS) is 11.8. The van der Waals surface area contributed by atoms with Crippen molar-refractivity contribution in [3.05, 3.63) is 46.4 Å². The molecule has 0 radical (unpaired) electrons. The number of amides is 1. The zero-order valence-corrected chi connectivity index (χ0v) is 14.3. The first-order valence-corrected chi connectivity index (χ1v) is 8.30. The fourth-order valence-corrected chi connectivity index (χ4v) is 3.02. The third kappa shape index (κ3) is 4.16. The lowest BCUT2D eigenvalue weighted by Gasteiger charge is -2.29. The van der Waals surface area contributed by atoms with Crippen LogP contribution >= 0.6 is 11.3 Å². The number of methoxy groups -OCH3 is 1. The minimum absolute atomic E-state index is 0.159. The molecular formula is C17H20N2O3S. The Bertz CT molecular complexity index is 669. The van der Waals surface area contributed by atoms with E-state index in [0.717, 1.165) is 10.7 Å². The number of carbonyl (C=O) groups excluding carboxylic acids is 2. The summed E-state index contributed by atoms with van der Waals surface area (Å²) in [5.74, 6) is -0.585. The van der Waals surface area contributed by atoms with Gasteiger partial charge >= 0.3 is 5.97 Å². The second-order valence-corrected chi connectivity index (χ2v) is 6.14. The summed E-state index contributed by atoms with van der Waals surface area (Å²) in [6, 6.07) is 8.54. The van der Waals surface area contributed by atoms with Crippen LogP contribution in [0.1, 0.15) is 24.0 Å². The van der Waals surface area contributed by atoms with Gasteiger partial charge in [-0.05, 0) is 25.5 Å². The summed E-state index contributed by atoms with van der Waals surface area (Å²) in [6.45, 7) is 3.76. The first kappa shape index (κ1) is 17.1. The summed E-state index contributed by atoms with van der Waals surface area (Å²) in [5.41, 5.74) is 1.40. The fraction of sp³-hybridized carbons (Fsp3) is 0.353. The van der Waals surface area contributed by atoms with Crippen molar-refractivity contribution in [1.82, 2.24) is 4.98 Å². The average molecular weight is 332 g/mol. The Morgan fingerprint density at radius 2 is 2.00 bits per heavy atom. The maximum Gasteiger partial charge on any atom is 0.328 e. The van der Waals surface area contributed by atoms with E-state index in [0.29, 0.717) is 12.1 Å². The van der Waals surface area contributed by atoms with Gasteiger partial charge < -0.3 is 4.74 Å². The lowest BCUT2D eigenvalue weighted by atomic mass is 10.1. The van der Waals surface area contributed by atoms with Gasteiger partial charge in [-0.1, -0.05) is 25.1 Å². The van der Waals surface area contributed by atoms with Crippen LogP contribution in [0.5, 0.6) is 0 Å². The molecule has 23 heavy (non-hydrogen) atoms. The number of aromatic nitrogens is 1. The highest BCUT2D eigenvalue weighted by atomic mass is 32.1. The molecule has 5 nitrogen and oxygen atoms in total. The van der Waals surface area contributed by atoms with E-state index in [1.165, 1.54) is 23.3 Å². The molecule has 0 aliphatic carbocycles. The quantitative estimate of drug-likeness (QED) is 0.763. The molecule has 2 aromatic rings. The van der Waals surface area contributed by atoms with Crippen molar-refractivity contribution in [2.75, 3.05) is 12.0 Å². The van der Waals surface area contributed by atoms with Crippen molar-refractivity contribution in [3.63, 3.8) is 0 Å². The van der Waals surface area contributed by atoms with Crippen LogP contribution in [-0.2, 0) is 20.7 Å². The molecule has 0 fully saturated rings. The predicted molar refractivity (Wildman–Crippen MR) is 90.6 cm³/mol. The van der Waals surface area contributed by atoms with E-state index in [2.05, 4.69) is 4.98 Å². The van der Waals surface area contributed by atoms with Gasteiger partial charge in [0.15, 0.2) is 0 Å². The van der Waals surface area contributed by atoms with Gasteiger partial charge in [0.25, 0.3) is 0 Å². The van der Waals surface area contributed by atoms with Gasteiger partial charge in [-0.2, -0.15) is 0 Å². The third-order valence-electron chi connectivity index (χ3n) is 3.47. The van der Waals surface area contributed by atoms with Gasteiger partial charge in [0, 0.05) is 11.1 Å². The van der Waals surface area contributed by atoms with Crippen LogP contribution in [0.25, 0.3) is 0 Å². The van der Waals surface area contributed by atoms with Crippen LogP contribution in [0.2, 0.25) is 0 Å². The minimum Gasteiger partial charge on any atom is -0.467 e. The Balaban J connectivity index is 2.32. The second-order valence-electron chi connectivity index (χ2n) is 5.08. The molecule has 1 amide bonds.